The number of carbonyl (C=O) groups is 1. The Kier molecular flexibility index (Phi) is 5.22. The van der Waals surface area contributed by atoms with Crippen LogP contribution in [0.4, 0.5) is 0 Å². The molecule has 0 saturated carbocycles. The molecule has 1 rings (SSSR count). The quantitative estimate of drug-likeness (QED) is 0.729. The fraction of sp³-hybridized carbons (Fsp3) is 0.917. The molecule has 1 aliphatic rings. The first-order valence-corrected chi connectivity index (χ1v) is 6.15. The molecule has 4 nitrogen and oxygen atoms in total. The van der Waals surface area contributed by atoms with Gasteiger partial charge in [-0.15, -0.1) is 0 Å². The lowest BCUT2D eigenvalue weighted by Crippen LogP contribution is -2.53. The maximum atomic E-state index is 11.1. The van der Waals surface area contributed by atoms with Crippen LogP contribution in [0.15, 0.2) is 0 Å². The molecule has 0 aromatic heterocycles. The SMILES string of the molecule is CCCCC(NC1(C)CCOCC1)C(=O)O. The number of rotatable bonds is 6. The first-order valence-electron chi connectivity index (χ1n) is 6.15. The highest BCUT2D eigenvalue weighted by Gasteiger charge is 2.31. The lowest BCUT2D eigenvalue weighted by atomic mass is 9.91. The molecule has 0 aromatic carbocycles. The predicted octanol–water partition coefficient (Wildman–Crippen LogP) is 1.79. The Morgan fingerprint density at radius 2 is 2.12 bits per heavy atom. The van der Waals surface area contributed by atoms with Crippen LogP contribution in [0.2, 0.25) is 0 Å². The molecule has 1 saturated heterocycles. The second-order valence-corrected chi connectivity index (χ2v) is 4.85. The van der Waals surface area contributed by atoms with Gasteiger partial charge >= 0.3 is 5.97 Å². The third-order valence-corrected chi connectivity index (χ3v) is 3.26. The van der Waals surface area contributed by atoms with Crippen molar-refractivity contribution >= 4 is 5.97 Å². The van der Waals surface area contributed by atoms with Gasteiger partial charge in [-0.25, -0.2) is 0 Å². The van der Waals surface area contributed by atoms with Gasteiger partial charge in [0.05, 0.1) is 0 Å². The molecule has 16 heavy (non-hydrogen) atoms. The molecule has 4 heteroatoms. The molecular weight excluding hydrogens is 206 g/mol. The van der Waals surface area contributed by atoms with E-state index in [9.17, 15) is 4.79 Å². The topological polar surface area (TPSA) is 58.6 Å². The van der Waals surface area contributed by atoms with E-state index in [-0.39, 0.29) is 5.54 Å². The second-order valence-electron chi connectivity index (χ2n) is 4.85. The van der Waals surface area contributed by atoms with Crippen molar-refractivity contribution in [3.8, 4) is 0 Å². The maximum absolute atomic E-state index is 11.1. The number of unbranched alkanes of at least 4 members (excludes halogenated alkanes) is 1. The van der Waals surface area contributed by atoms with E-state index in [1.54, 1.807) is 0 Å². The third-order valence-electron chi connectivity index (χ3n) is 3.26. The molecule has 0 spiro atoms. The van der Waals surface area contributed by atoms with Gasteiger partial charge in [0.15, 0.2) is 0 Å². The highest BCUT2D eigenvalue weighted by molar-refractivity contribution is 5.73. The average molecular weight is 229 g/mol. The molecule has 1 heterocycles. The molecule has 2 N–H and O–H groups in total. The molecule has 1 fully saturated rings. The van der Waals surface area contributed by atoms with Crippen LogP contribution < -0.4 is 5.32 Å². The summed E-state index contributed by atoms with van der Waals surface area (Å²) in [6, 6.07) is -0.414. The zero-order valence-electron chi connectivity index (χ0n) is 10.3. The van der Waals surface area contributed by atoms with Crippen LogP contribution in [0.25, 0.3) is 0 Å². The smallest absolute Gasteiger partial charge is 0.320 e. The van der Waals surface area contributed by atoms with Crippen LogP contribution >= 0.6 is 0 Å². The Balaban J connectivity index is 2.48. The van der Waals surface area contributed by atoms with Crippen molar-refractivity contribution in [3.05, 3.63) is 0 Å². The molecule has 1 aliphatic heterocycles. The number of carboxylic acid groups (broad SMARTS) is 1. The minimum Gasteiger partial charge on any atom is -0.480 e. The van der Waals surface area contributed by atoms with E-state index in [1.165, 1.54) is 0 Å². The monoisotopic (exact) mass is 229 g/mol. The molecule has 94 valence electrons. The number of nitrogens with one attached hydrogen (secondary N) is 1. The predicted molar refractivity (Wildman–Crippen MR) is 62.5 cm³/mol. The average Bonchev–Trinajstić information content (AvgIpc) is 2.25. The summed E-state index contributed by atoms with van der Waals surface area (Å²) in [6.45, 7) is 5.62. The molecule has 0 aromatic rings. The minimum atomic E-state index is -0.735. The summed E-state index contributed by atoms with van der Waals surface area (Å²) in [7, 11) is 0. The summed E-state index contributed by atoms with van der Waals surface area (Å²) < 4.78 is 5.30. The van der Waals surface area contributed by atoms with Crippen LogP contribution in [-0.2, 0) is 9.53 Å². The second kappa shape index (κ2) is 6.21. The van der Waals surface area contributed by atoms with Crippen molar-refractivity contribution in [3.63, 3.8) is 0 Å². The summed E-state index contributed by atoms with van der Waals surface area (Å²) in [5.74, 6) is -0.735. The van der Waals surface area contributed by atoms with Gasteiger partial charge in [0.1, 0.15) is 6.04 Å². The third kappa shape index (κ3) is 4.10. The zero-order valence-corrected chi connectivity index (χ0v) is 10.3. The summed E-state index contributed by atoms with van der Waals surface area (Å²) in [5.41, 5.74) is -0.0744. The number of hydrogen-bond donors (Lipinski definition) is 2. The van der Waals surface area contributed by atoms with Crippen LogP contribution in [0.3, 0.4) is 0 Å². The Hall–Kier alpha value is -0.610. The highest BCUT2D eigenvalue weighted by Crippen LogP contribution is 2.21. The standard InChI is InChI=1S/C12H23NO3/c1-3-4-5-10(11(14)15)13-12(2)6-8-16-9-7-12/h10,13H,3-9H2,1-2H3,(H,14,15). The largest absolute Gasteiger partial charge is 0.480 e. The van der Waals surface area contributed by atoms with Gasteiger partial charge in [-0.05, 0) is 26.2 Å². The minimum absolute atomic E-state index is 0.0744. The van der Waals surface area contributed by atoms with E-state index in [0.29, 0.717) is 6.42 Å². The Morgan fingerprint density at radius 3 is 2.62 bits per heavy atom. The van der Waals surface area contributed by atoms with E-state index in [2.05, 4.69) is 19.2 Å². The van der Waals surface area contributed by atoms with Gasteiger partial charge < -0.3 is 9.84 Å². The first kappa shape index (κ1) is 13.5. The van der Waals surface area contributed by atoms with Crippen molar-refractivity contribution in [2.24, 2.45) is 0 Å². The van der Waals surface area contributed by atoms with Gasteiger partial charge in [0.2, 0.25) is 0 Å². The number of aliphatic carboxylic acids is 1. The molecular formula is C12H23NO3. The molecule has 0 bridgehead atoms. The van der Waals surface area contributed by atoms with Gasteiger partial charge in [-0.3, -0.25) is 10.1 Å². The normalized spacial score (nSPS) is 21.6. The van der Waals surface area contributed by atoms with Crippen molar-refractivity contribution in [2.75, 3.05) is 13.2 Å². The molecule has 0 amide bonds. The van der Waals surface area contributed by atoms with Gasteiger partial charge in [-0.2, -0.15) is 0 Å². The van der Waals surface area contributed by atoms with E-state index < -0.39 is 12.0 Å². The van der Waals surface area contributed by atoms with Crippen LogP contribution in [0, 0.1) is 0 Å². The van der Waals surface area contributed by atoms with E-state index >= 15 is 0 Å². The van der Waals surface area contributed by atoms with Crippen molar-refractivity contribution in [1.29, 1.82) is 0 Å². The Morgan fingerprint density at radius 1 is 1.50 bits per heavy atom. The number of hydrogen-bond acceptors (Lipinski definition) is 3. The van der Waals surface area contributed by atoms with Crippen LogP contribution in [0.1, 0.15) is 46.0 Å². The molecule has 0 aliphatic carbocycles. The van der Waals surface area contributed by atoms with Crippen LogP contribution in [0.5, 0.6) is 0 Å². The molecule has 0 radical (unpaired) electrons. The summed E-state index contributed by atoms with van der Waals surface area (Å²) >= 11 is 0. The molecule has 1 atom stereocenters. The fourth-order valence-electron chi connectivity index (χ4n) is 2.05. The Labute approximate surface area is 97.4 Å². The summed E-state index contributed by atoms with van der Waals surface area (Å²) in [6.07, 6.45) is 4.48. The van der Waals surface area contributed by atoms with E-state index in [0.717, 1.165) is 38.9 Å². The summed E-state index contributed by atoms with van der Waals surface area (Å²) in [5, 5.41) is 12.4. The van der Waals surface area contributed by atoms with E-state index in [4.69, 9.17) is 9.84 Å². The fourth-order valence-corrected chi connectivity index (χ4v) is 2.05. The lowest BCUT2D eigenvalue weighted by molar-refractivity contribution is -0.140. The van der Waals surface area contributed by atoms with Crippen molar-refractivity contribution in [1.82, 2.24) is 5.32 Å². The van der Waals surface area contributed by atoms with Gasteiger partial charge in [0, 0.05) is 18.8 Å². The van der Waals surface area contributed by atoms with Gasteiger partial charge in [0.25, 0.3) is 0 Å². The van der Waals surface area contributed by atoms with Crippen molar-refractivity contribution < 1.29 is 14.6 Å². The number of carboxylic acids is 1. The summed E-state index contributed by atoms with van der Waals surface area (Å²) in [4.78, 5) is 11.1. The lowest BCUT2D eigenvalue weighted by Gasteiger charge is -2.37. The van der Waals surface area contributed by atoms with Crippen LogP contribution in [-0.4, -0.2) is 35.9 Å². The molecule has 1 unspecified atom stereocenters. The van der Waals surface area contributed by atoms with Gasteiger partial charge in [-0.1, -0.05) is 19.8 Å². The Bertz CT molecular complexity index is 224. The highest BCUT2D eigenvalue weighted by atomic mass is 16.5. The zero-order chi connectivity index (χ0) is 12.0. The van der Waals surface area contributed by atoms with E-state index in [1.807, 2.05) is 0 Å². The van der Waals surface area contributed by atoms with Crippen molar-refractivity contribution in [2.45, 2.75) is 57.5 Å². The first-order chi connectivity index (χ1) is 7.57. The maximum Gasteiger partial charge on any atom is 0.320 e. The number of ether oxygens (including phenoxy) is 1.